The van der Waals surface area contributed by atoms with Gasteiger partial charge in [-0.15, -0.1) is 0 Å². The summed E-state index contributed by atoms with van der Waals surface area (Å²) in [5.41, 5.74) is 1.35. The van der Waals surface area contributed by atoms with Crippen molar-refractivity contribution in [2.75, 3.05) is 11.9 Å². The highest BCUT2D eigenvalue weighted by Gasteiger charge is 2.29. The van der Waals surface area contributed by atoms with Crippen LogP contribution in [0.4, 0.5) is 5.95 Å². The van der Waals surface area contributed by atoms with Crippen LogP contribution >= 0.6 is 11.6 Å². The predicted molar refractivity (Wildman–Crippen MR) is 85.4 cm³/mol. The average molecular weight is 303 g/mol. The van der Waals surface area contributed by atoms with E-state index in [1.165, 1.54) is 5.56 Å². The maximum Gasteiger partial charge on any atom is 0.222 e. The Morgan fingerprint density at radius 2 is 1.95 bits per heavy atom. The first-order valence-electron chi connectivity index (χ1n) is 7.23. The van der Waals surface area contributed by atoms with E-state index in [-0.39, 0.29) is 0 Å². The first-order chi connectivity index (χ1) is 10.2. The Labute approximate surface area is 130 Å². The molecule has 0 radical (unpaired) electrons. The van der Waals surface area contributed by atoms with E-state index >= 15 is 0 Å². The largest absolute Gasteiger partial charge is 0.350 e. The normalized spacial score (nSPS) is 22.4. The van der Waals surface area contributed by atoms with Crippen LogP contribution in [0.3, 0.4) is 0 Å². The fraction of sp³-hybridized carbons (Fsp3) is 0.375. The minimum Gasteiger partial charge on any atom is -0.350 e. The van der Waals surface area contributed by atoms with E-state index in [1.807, 2.05) is 0 Å². The Kier molecular flexibility index (Phi) is 4.36. The van der Waals surface area contributed by atoms with Crippen LogP contribution in [0.5, 0.6) is 0 Å². The Bertz CT molecular complexity index is 573. The van der Waals surface area contributed by atoms with Crippen LogP contribution in [0.1, 0.15) is 18.9 Å². The van der Waals surface area contributed by atoms with E-state index in [2.05, 4.69) is 57.4 Å². The van der Waals surface area contributed by atoms with Crippen LogP contribution in [0.15, 0.2) is 42.7 Å². The van der Waals surface area contributed by atoms with Crippen LogP contribution in [0.2, 0.25) is 5.02 Å². The molecule has 0 aliphatic carbocycles. The molecule has 0 bridgehead atoms. The van der Waals surface area contributed by atoms with Gasteiger partial charge in [0.2, 0.25) is 5.95 Å². The third-order valence-electron chi connectivity index (χ3n) is 3.89. The monoisotopic (exact) mass is 302 g/mol. The van der Waals surface area contributed by atoms with E-state index in [0.717, 1.165) is 19.5 Å². The van der Waals surface area contributed by atoms with Crippen molar-refractivity contribution in [2.45, 2.75) is 32.0 Å². The standard InChI is InChI=1S/C16H19ClN4/c1-12-7-15(20-16-18-8-14(17)9-19-16)11-21(12)10-13-5-3-2-4-6-13/h2-6,8-9,12,15H,7,10-11H2,1H3,(H,18,19,20). The molecule has 4 nitrogen and oxygen atoms in total. The summed E-state index contributed by atoms with van der Waals surface area (Å²) in [5, 5.41) is 3.95. The number of hydrogen-bond donors (Lipinski definition) is 1. The number of anilines is 1. The van der Waals surface area contributed by atoms with Crippen molar-refractivity contribution in [3.8, 4) is 0 Å². The summed E-state index contributed by atoms with van der Waals surface area (Å²) in [5.74, 6) is 0.651. The lowest BCUT2D eigenvalue weighted by molar-refractivity contribution is 0.259. The van der Waals surface area contributed by atoms with Crippen molar-refractivity contribution in [2.24, 2.45) is 0 Å². The summed E-state index contributed by atoms with van der Waals surface area (Å²) in [6.07, 6.45) is 4.34. The Balaban J connectivity index is 1.59. The summed E-state index contributed by atoms with van der Waals surface area (Å²) >= 11 is 5.80. The number of rotatable bonds is 4. The van der Waals surface area contributed by atoms with Gasteiger partial charge >= 0.3 is 0 Å². The minimum atomic E-state index is 0.380. The zero-order valence-corrected chi connectivity index (χ0v) is 12.8. The molecule has 2 heterocycles. The SMILES string of the molecule is CC1CC(Nc2ncc(Cl)cn2)CN1Cc1ccccc1. The van der Waals surface area contributed by atoms with Gasteiger partial charge in [0.05, 0.1) is 17.4 Å². The van der Waals surface area contributed by atoms with Gasteiger partial charge in [-0.1, -0.05) is 41.9 Å². The van der Waals surface area contributed by atoms with Gasteiger partial charge in [-0.25, -0.2) is 9.97 Å². The number of benzene rings is 1. The fourth-order valence-corrected chi connectivity index (χ4v) is 2.91. The molecule has 1 aromatic carbocycles. The lowest BCUT2D eigenvalue weighted by atomic mass is 10.2. The van der Waals surface area contributed by atoms with Crippen LogP contribution in [-0.2, 0) is 6.54 Å². The topological polar surface area (TPSA) is 41.1 Å². The van der Waals surface area contributed by atoms with Gasteiger partial charge in [0.25, 0.3) is 0 Å². The first-order valence-corrected chi connectivity index (χ1v) is 7.60. The molecular formula is C16H19ClN4. The minimum absolute atomic E-state index is 0.380. The Morgan fingerprint density at radius 1 is 1.24 bits per heavy atom. The summed E-state index contributed by atoms with van der Waals surface area (Å²) in [6, 6.07) is 11.5. The van der Waals surface area contributed by atoms with E-state index < -0.39 is 0 Å². The highest BCUT2D eigenvalue weighted by Crippen LogP contribution is 2.22. The summed E-state index contributed by atoms with van der Waals surface area (Å²) in [7, 11) is 0. The molecule has 21 heavy (non-hydrogen) atoms. The molecule has 2 unspecified atom stereocenters. The lowest BCUT2D eigenvalue weighted by Gasteiger charge is -2.20. The van der Waals surface area contributed by atoms with Gasteiger partial charge in [0, 0.05) is 25.2 Å². The number of aromatic nitrogens is 2. The van der Waals surface area contributed by atoms with Crippen LogP contribution < -0.4 is 5.32 Å². The maximum absolute atomic E-state index is 5.80. The zero-order chi connectivity index (χ0) is 14.7. The van der Waals surface area contributed by atoms with E-state index in [4.69, 9.17) is 11.6 Å². The van der Waals surface area contributed by atoms with Crippen LogP contribution in [0, 0.1) is 0 Å². The van der Waals surface area contributed by atoms with Crippen molar-refractivity contribution >= 4 is 17.5 Å². The van der Waals surface area contributed by atoms with Gasteiger partial charge in [0.15, 0.2) is 0 Å². The lowest BCUT2D eigenvalue weighted by Crippen LogP contribution is -2.28. The van der Waals surface area contributed by atoms with Crippen LogP contribution in [-0.4, -0.2) is 33.5 Å². The van der Waals surface area contributed by atoms with Gasteiger partial charge < -0.3 is 5.32 Å². The number of nitrogens with zero attached hydrogens (tertiary/aromatic N) is 3. The first kappa shape index (κ1) is 14.3. The van der Waals surface area contributed by atoms with Crippen molar-refractivity contribution in [3.05, 3.63) is 53.3 Å². The Hall–Kier alpha value is -1.65. The molecule has 0 amide bonds. The van der Waals surface area contributed by atoms with Crippen LogP contribution in [0.25, 0.3) is 0 Å². The second kappa shape index (κ2) is 6.41. The molecule has 1 saturated heterocycles. The third-order valence-corrected chi connectivity index (χ3v) is 4.08. The summed E-state index contributed by atoms with van der Waals surface area (Å²) in [4.78, 5) is 10.9. The molecule has 5 heteroatoms. The Morgan fingerprint density at radius 3 is 2.67 bits per heavy atom. The molecule has 2 atom stereocenters. The molecule has 1 fully saturated rings. The number of hydrogen-bond acceptors (Lipinski definition) is 4. The van der Waals surface area contributed by atoms with E-state index in [0.29, 0.717) is 23.1 Å². The van der Waals surface area contributed by atoms with E-state index in [9.17, 15) is 0 Å². The maximum atomic E-state index is 5.80. The highest BCUT2D eigenvalue weighted by molar-refractivity contribution is 6.30. The molecule has 1 N–H and O–H groups in total. The van der Waals surface area contributed by atoms with Gasteiger partial charge in [-0.3, -0.25) is 4.90 Å². The summed E-state index contributed by atoms with van der Waals surface area (Å²) in [6.45, 7) is 4.26. The molecule has 1 aromatic heterocycles. The highest BCUT2D eigenvalue weighted by atomic mass is 35.5. The van der Waals surface area contributed by atoms with Crippen molar-refractivity contribution in [1.29, 1.82) is 0 Å². The smallest absolute Gasteiger partial charge is 0.222 e. The second-order valence-corrected chi connectivity index (χ2v) is 6.00. The van der Waals surface area contributed by atoms with E-state index in [1.54, 1.807) is 12.4 Å². The fourth-order valence-electron chi connectivity index (χ4n) is 2.81. The second-order valence-electron chi connectivity index (χ2n) is 5.57. The van der Waals surface area contributed by atoms with Crippen molar-refractivity contribution < 1.29 is 0 Å². The molecule has 3 rings (SSSR count). The molecule has 1 aliphatic rings. The van der Waals surface area contributed by atoms with Gasteiger partial charge in [-0.05, 0) is 18.9 Å². The van der Waals surface area contributed by atoms with Crippen molar-refractivity contribution in [3.63, 3.8) is 0 Å². The predicted octanol–water partition coefficient (Wildman–Crippen LogP) is 3.20. The molecule has 0 saturated carbocycles. The van der Waals surface area contributed by atoms with Gasteiger partial charge in [-0.2, -0.15) is 0 Å². The third kappa shape index (κ3) is 3.71. The molecule has 1 aliphatic heterocycles. The molecule has 110 valence electrons. The van der Waals surface area contributed by atoms with Gasteiger partial charge in [0.1, 0.15) is 0 Å². The molecule has 0 spiro atoms. The number of halogens is 1. The number of likely N-dealkylation sites (tertiary alicyclic amines) is 1. The number of nitrogens with one attached hydrogen (secondary N) is 1. The average Bonchev–Trinajstić information content (AvgIpc) is 2.82. The zero-order valence-electron chi connectivity index (χ0n) is 12.0. The quantitative estimate of drug-likeness (QED) is 0.941. The summed E-state index contributed by atoms with van der Waals surface area (Å²) < 4.78 is 0. The molecular weight excluding hydrogens is 284 g/mol. The van der Waals surface area contributed by atoms with Crippen molar-refractivity contribution in [1.82, 2.24) is 14.9 Å². The molecule has 2 aromatic rings.